The summed E-state index contributed by atoms with van der Waals surface area (Å²) in [7, 11) is 0. The van der Waals surface area contributed by atoms with Gasteiger partial charge in [-0.1, -0.05) is 13.8 Å². The number of hydrogen-bond donors (Lipinski definition) is 0. The molecule has 1 atom stereocenters. The summed E-state index contributed by atoms with van der Waals surface area (Å²) in [6.07, 6.45) is 0.0393. The number of hydrogen-bond acceptors (Lipinski definition) is 6. The second-order valence-corrected chi connectivity index (χ2v) is 5.42. The predicted molar refractivity (Wildman–Crippen MR) is 66.8 cm³/mol. The Morgan fingerprint density at radius 2 is 1.71 bits per heavy atom. The van der Waals surface area contributed by atoms with Gasteiger partial charge in [-0.15, -0.1) is 5.06 Å². The van der Waals surface area contributed by atoms with Gasteiger partial charge in [0.2, 0.25) is 11.8 Å². The molecule has 4 amide bonds. The van der Waals surface area contributed by atoms with Crippen LogP contribution >= 0.6 is 0 Å². The molecule has 0 aromatic rings. The normalized spacial score (nSPS) is 22.7. The Labute approximate surface area is 121 Å². The monoisotopic (exact) mass is 296 g/mol. The van der Waals surface area contributed by atoms with E-state index in [9.17, 15) is 24.0 Å². The molecule has 0 aromatic carbocycles. The third-order valence-electron chi connectivity index (χ3n) is 3.57. The van der Waals surface area contributed by atoms with Gasteiger partial charge >= 0.3 is 5.97 Å². The average Bonchev–Trinajstić information content (AvgIpc) is 2.86. The van der Waals surface area contributed by atoms with Crippen molar-refractivity contribution < 1.29 is 28.8 Å². The van der Waals surface area contributed by atoms with Crippen molar-refractivity contribution in [2.24, 2.45) is 11.8 Å². The van der Waals surface area contributed by atoms with Gasteiger partial charge in [-0.05, 0) is 5.92 Å². The number of imide groups is 2. The highest BCUT2D eigenvalue weighted by Gasteiger charge is 2.42. The Balaban J connectivity index is 1.97. The zero-order valence-electron chi connectivity index (χ0n) is 11.8. The third kappa shape index (κ3) is 2.93. The van der Waals surface area contributed by atoms with Crippen molar-refractivity contribution in [1.29, 1.82) is 0 Å². The van der Waals surface area contributed by atoms with Gasteiger partial charge in [-0.25, -0.2) is 4.79 Å². The molecular weight excluding hydrogens is 280 g/mol. The lowest BCUT2D eigenvalue weighted by atomic mass is 9.94. The first-order valence-electron chi connectivity index (χ1n) is 6.72. The van der Waals surface area contributed by atoms with Crippen LogP contribution in [0.4, 0.5) is 0 Å². The van der Waals surface area contributed by atoms with E-state index in [4.69, 9.17) is 0 Å². The summed E-state index contributed by atoms with van der Waals surface area (Å²) in [4.78, 5) is 63.5. The second-order valence-electron chi connectivity index (χ2n) is 5.42. The largest absolute Gasteiger partial charge is 0.352 e. The van der Waals surface area contributed by atoms with E-state index in [0.717, 1.165) is 4.90 Å². The first-order valence-corrected chi connectivity index (χ1v) is 6.72. The van der Waals surface area contributed by atoms with Gasteiger partial charge in [0.05, 0.1) is 0 Å². The Hall–Kier alpha value is -2.25. The molecule has 114 valence electrons. The van der Waals surface area contributed by atoms with Crippen LogP contribution in [0.15, 0.2) is 0 Å². The van der Waals surface area contributed by atoms with Crippen molar-refractivity contribution in [2.45, 2.75) is 33.1 Å². The predicted octanol–water partition coefficient (Wildman–Crippen LogP) is -0.375. The first kappa shape index (κ1) is 15.1. The standard InChI is InChI=1S/C13H16N2O6/c1-7(2)8-5-11(18)14(13(8)20)6-12(19)21-15-9(16)3-4-10(15)17/h7-8H,3-6H2,1-2H3. The Bertz CT molecular complexity index is 511. The van der Waals surface area contributed by atoms with E-state index < -0.39 is 42.1 Å². The Morgan fingerprint density at radius 3 is 2.19 bits per heavy atom. The molecule has 2 saturated heterocycles. The Kier molecular flexibility index (Phi) is 4.06. The van der Waals surface area contributed by atoms with Gasteiger partial charge in [0.25, 0.3) is 11.8 Å². The highest BCUT2D eigenvalue weighted by Crippen LogP contribution is 2.26. The summed E-state index contributed by atoms with van der Waals surface area (Å²) >= 11 is 0. The molecule has 0 aromatic heterocycles. The third-order valence-corrected chi connectivity index (χ3v) is 3.57. The van der Waals surface area contributed by atoms with Gasteiger partial charge < -0.3 is 4.84 Å². The van der Waals surface area contributed by atoms with Crippen LogP contribution in [0, 0.1) is 11.8 Å². The van der Waals surface area contributed by atoms with Crippen molar-refractivity contribution >= 4 is 29.6 Å². The molecule has 21 heavy (non-hydrogen) atoms. The molecule has 8 heteroatoms. The smallest absolute Gasteiger partial charge is 0.328 e. The quantitative estimate of drug-likeness (QED) is 0.656. The molecule has 2 aliphatic heterocycles. The van der Waals surface area contributed by atoms with Gasteiger partial charge in [0.15, 0.2) is 0 Å². The number of carbonyl (C=O) groups is 5. The topological polar surface area (TPSA) is 101 Å². The number of amides is 4. The fourth-order valence-electron chi connectivity index (χ4n) is 2.31. The SMILES string of the molecule is CC(C)C1CC(=O)N(CC(=O)ON2C(=O)CCC2=O)C1=O. The molecule has 2 fully saturated rings. The molecule has 0 spiro atoms. The van der Waals surface area contributed by atoms with Crippen molar-refractivity contribution in [3.8, 4) is 0 Å². The summed E-state index contributed by atoms with van der Waals surface area (Å²) in [6.45, 7) is 3.05. The summed E-state index contributed by atoms with van der Waals surface area (Å²) in [5.74, 6) is -3.52. The van der Waals surface area contributed by atoms with Gasteiger partial charge in [0, 0.05) is 25.2 Å². The van der Waals surface area contributed by atoms with E-state index in [1.807, 2.05) is 13.8 Å². The lowest BCUT2D eigenvalue weighted by Crippen LogP contribution is -2.40. The number of likely N-dealkylation sites (tertiary alicyclic amines) is 1. The molecule has 0 bridgehead atoms. The summed E-state index contributed by atoms with van der Waals surface area (Å²) < 4.78 is 0. The van der Waals surface area contributed by atoms with E-state index in [1.165, 1.54) is 0 Å². The fourth-order valence-corrected chi connectivity index (χ4v) is 2.31. The van der Waals surface area contributed by atoms with E-state index in [1.54, 1.807) is 0 Å². The van der Waals surface area contributed by atoms with Crippen LogP contribution in [0.2, 0.25) is 0 Å². The molecule has 2 aliphatic rings. The summed E-state index contributed by atoms with van der Waals surface area (Å²) in [5.41, 5.74) is 0. The average molecular weight is 296 g/mol. The zero-order valence-corrected chi connectivity index (χ0v) is 11.8. The minimum atomic E-state index is -0.982. The number of hydroxylamine groups is 2. The lowest BCUT2D eigenvalue weighted by molar-refractivity contribution is -0.198. The van der Waals surface area contributed by atoms with Crippen molar-refractivity contribution in [3.05, 3.63) is 0 Å². The molecule has 2 rings (SSSR count). The minimum Gasteiger partial charge on any atom is -0.328 e. The van der Waals surface area contributed by atoms with E-state index in [0.29, 0.717) is 5.06 Å². The maximum Gasteiger partial charge on any atom is 0.352 e. The van der Waals surface area contributed by atoms with Gasteiger partial charge in [0.1, 0.15) is 6.54 Å². The van der Waals surface area contributed by atoms with Crippen LogP contribution in [-0.4, -0.2) is 46.1 Å². The zero-order chi connectivity index (χ0) is 15.7. The van der Waals surface area contributed by atoms with Gasteiger partial charge in [-0.3, -0.25) is 24.1 Å². The lowest BCUT2D eigenvalue weighted by Gasteiger charge is -2.17. The highest BCUT2D eigenvalue weighted by atomic mass is 16.7. The van der Waals surface area contributed by atoms with E-state index in [2.05, 4.69) is 4.84 Å². The second kappa shape index (κ2) is 5.63. The highest BCUT2D eigenvalue weighted by molar-refractivity contribution is 6.06. The molecule has 0 saturated carbocycles. The number of nitrogens with zero attached hydrogens (tertiary/aromatic N) is 2. The van der Waals surface area contributed by atoms with Crippen LogP contribution in [0.1, 0.15) is 33.1 Å². The molecule has 1 unspecified atom stereocenters. The molecule has 2 heterocycles. The fraction of sp³-hybridized carbons (Fsp3) is 0.615. The molecule has 0 N–H and O–H groups in total. The summed E-state index contributed by atoms with van der Waals surface area (Å²) in [5, 5.41) is 0.396. The van der Waals surface area contributed by atoms with E-state index >= 15 is 0 Å². The molecule has 0 radical (unpaired) electrons. The van der Waals surface area contributed by atoms with Crippen molar-refractivity contribution in [3.63, 3.8) is 0 Å². The van der Waals surface area contributed by atoms with Crippen molar-refractivity contribution in [2.75, 3.05) is 6.54 Å². The van der Waals surface area contributed by atoms with Crippen LogP contribution in [0.25, 0.3) is 0 Å². The van der Waals surface area contributed by atoms with Crippen LogP contribution in [0.3, 0.4) is 0 Å². The number of carbonyl (C=O) groups excluding carboxylic acids is 5. The minimum absolute atomic E-state index is 0.00999. The molecule has 8 nitrogen and oxygen atoms in total. The maximum atomic E-state index is 12.0. The maximum absolute atomic E-state index is 12.0. The van der Waals surface area contributed by atoms with Crippen LogP contribution in [0.5, 0.6) is 0 Å². The van der Waals surface area contributed by atoms with E-state index in [-0.39, 0.29) is 25.2 Å². The molecule has 0 aliphatic carbocycles. The van der Waals surface area contributed by atoms with Crippen LogP contribution in [-0.2, 0) is 28.8 Å². The summed E-state index contributed by atoms with van der Waals surface area (Å²) in [6, 6.07) is 0. The van der Waals surface area contributed by atoms with Crippen LogP contribution < -0.4 is 0 Å². The number of rotatable bonds is 4. The van der Waals surface area contributed by atoms with Gasteiger partial charge in [-0.2, -0.15) is 0 Å². The Morgan fingerprint density at radius 1 is 1.14 bits per heavy atom. The molecular formula is C13H16N2O6. The first-order chi connectivity index (χ1) is 9.81. The van der Waals surface area contributed by atoms with Crippen molar-refractivity contribution in [1.82, 2.24) is 9.96 Å².